The van der Waals surface area contributed by atoms with Crippen molar-refractivity contribution in [1.82, 2.24) is 5.32 Å². The minimum absolute atomic E-state index is 0.676. The van der Waals surface area contributed by atoms with Gasteiger partial charge < -0.3 is 10.4 Å². The van der Waals surface area contributed by atoms with Crippen LogP contribution in [0.25, 0.3) is 0 Å². The summed E-state index contributed by atoms with van der Waals surface area (Å²) >= 11 is 0. The molecule has 0 aromatic rings. The SMILES string of the molecule is C[C@H](NC(=O)O)C(C)(C)F. The molecule has 2 N–H and O–H groups in total. The number of carboxylic acid groups (broad SMARTS) is 1. The zero-order valence-corrected chi connectivity index (χ0v) is 6.31. The molecule has 0 saturated carbocycles. The van der Waals surface area contributed by atoms with Gasteiger partial charge in [0.2, 0.25) is 0 Å². The van der Waals surface area contributed by atoms with Gasteiger partial charge in [-0.2, -0.15) is 0 Å². The normalized spacial score (nSPS) is 14.4. The molecule has 0 aliphatic rings. The minimum atomic E-state index is -1.50. The molecule has 0 aliphatic carbocycles. The van der Waals surface area contributed by atoms with Crippen LogP contribution < -0.4 is 5.32 Å². The van der Waals surface area contributed by atoms with Crippen LogP contribution in [0.15, 0.2) is 0 Å². The molecule has 0 radical (unpaired) electrons. The van der Waals surface area contributed by atoms with Crippen LogP contribution in [0.4, 0.5) is 9.18 Å². The summed E-state index contributed by atoms with van der Waals surface area (Å²) < 4.78 is 12.8. The van der Waals surface area contributed by atoms with E-state index in [0.29, 0.717) is 0 Å². The average molecular weight is 149 g/mol. The summed E-state index contributed by atoms with van der Waals surface area (Å²) in [5.74, 6) is 0. The predicted octanol–water partition coefficient (Wildman–Crippen LogP) is 1.39. The smallest absolute Gasteiger partial charge is 0.404 e. The molecule has 1 atom stereocenters. The van der Waals surface area contributed by atoms with Crippen molar-refractivity contribution < 1.29 is 14.3 Å². The van der Waals surface area contributed by atoms with Gasteiger partial charge in [-0.25, -0.2) is 9.18 Å². The van der Waals surface area contributed by atoms with Crippen molar-refractivity contribution in [3.63, 3.8) is 0 Å². The van der Waals surface area contributed by atoms with Crippen molar-refractivity contribution in [3.05, 3.63) is 0 Å². The third-order valence-corrected chi connectivity index (χ3v) is 1.37. The Morgan fingerprint density at radius 3 is 2.20 bits per heavy atom. The largest absolute Gasteiger partial charge is 0.465 e. The monoisotopic (exact) mass is 149 g/mol. The van der Waals surface area contributed by atoms with E-state index < -0.39 is 17.8 Å². The predicted molar refractivity (Wildman–Crippen MR) is 35.8 cm³/mol. The van der Waals surface area contributed by atoms with Crippen molar-refractivity contribution in [2.24, 2.45) is 0 Å². The van der Waals surface area contributed by atoms with Gasteiger partial charge in [0, 0.05) is 0 Å². The summed E-state index contributed by atoms with van der Waals surface area (Å²) in [5, 5.41) is 10.2. The topological polar surface area (TPSA) is 49.3 Å². The number of halogens is 1. The number of rotatable bonds is 2. The van der Waals surface area contributed by atoms with Crippen molar-refractivity contribution in [1.29, 1.82) is 0 Å². The van der Waals surface area contributed by atoms with Gasteiger partial charge in [-0.05, 0) is 20.8 Å². The van der Waals surface area contributed by atoms with Gasteiger partial charge in [0.1, 0.15) is 5.67 Å². The van der Waals surface area contributed by atoms with Gasteiger partial charge in [-0.1, -0.05) is 0 Å². The number of alkyl halides is 1. The lowest BCUT2D eigenvalue weighted by Gasteiger charge is -2.22. The Morgan fingerprint density at radius 2 is 2.10 bits per heavy atom. The summed E-state index contributed by atoms with van der Waals surface area (Å²) in [6.07, 6.45) is -1.20. The van der Waals surface area contributed by atoms with Crippen LogP contribution in [-0.4, -0.2) is 22.9 Å². The summed E-state index contributed by atoms with van der Waals surface area (Å²) in [4.78, 5) is 9.98. The van der Waals surface area contributed by atoms with Gasteiger partial charge >= 0.3 is 6.09 Å². The fourth-order valence-electron chi connectivity index (χ4n) is 0.357. The minimum Gasteiger partial charge on any atom is -0.465 e. The second-order valence-corrected chi connectivity index (χ2v) is 2.74. The molecule has 60 valence electrons. The van der Waals surface area contributed by atoms with Crippen LogP contribution >= 0.6 is 0 Å². The van der Waals surface area contributed by atoms with E-state index in [1.165, 1.54) is 20.8 Å². The molecule has 4 heteroatoms. The first-order valence-electron chi connectivity index (χ1n) is 3.02. The third-order valence-electron chi connectivity index (χ3n) is 1.37. The molecular weight excluding hydrogens is 137 g/mol. The second-order valence-electron chi connectivity index (χ2n) is 2.74. The molecular formula is C6H12FNO2. The van der Waals surface area contributed by atoms with Gasteiger partial charge in [-0.15, -0.1) is 0 Å². The fourth-order valence-corrected chi connectivity index (χ4v) is 0.357. The van der Waals surface area contributed by atoms with E-state index in [4.69, 9.17) is 5.11 Å². The number of nitrogens with one attached hydrogen (secondary N) is 1. The molecule has 0 heterocycles. The highest BCUT2D eigenvalue weighted by Crippen LogP contribution is 2.13. The Morgan fingerprint density at radius 1 is 1.70 bits per heavy atom. The third kappa shape index (κ3) is 3.27. The first-order valence-corrected chi connectivity index (χ1v) is 3.02. The van der Waals surface area contributed by atoms with Crippen LogP contribution in [0, 0.1) is 0 Å². The molecule has 0 aromatic carbocycles. The molecule has 10 heavy (non-hydrogen) atoms. The van der Waals surface area contributed by atoms with Gasteiger partial charge in [-0.3, -0.25) is 0 Å². The van der Waals surface area contributed by atoms with Crippen molar-refractivity contribution in [2.45, 2.75) is 32.5 Å². The lowest BCUT2D eigenvalue weighted by atomic mass is 10.0. The standard InChI is InChI=1S/C6H12FNO2/c1-4(6(2,3)7)8-5(9)10/h4,8H,1-3H3,(H,9,10)/t4-/m0/s1. The maximum atomic E-state index is 12.8. The molecule has 0 saturated heterocycles. The molecule has 0 aliphatic heterocycles. The highest BCUT2D eigenvalue weighted by atomic mass is 19.1. The van der Waals surface area contributed by atoms with Crippen LogP contribution in [0.2, 0.25) is 0 Å². The first kappa shape index (κ1) is 9.20. The van der Waals surface area contributed by atoms with Gasteiger partial charge in [0.05, 0.1) is 6.04 Å². The Balaban J connectivity index is 3.85. The molecule has 0 bridgehead atoms. The lowest BCUT2D eigenvalue weighted by Crippen LogP contribution is -2.43. The summed E-state index contributed by atoms with van der Waals surface area (Å²) in [6, 6.07) is -0.676. The molecule has 0 fully saturated rings. The van der Waals surface area contributed by atoms with Crippen molar-refractivity contribution >= 4 is 6.09 Å². The number of amides is 1. The molecule has 3 nitrogen and oxygen atoms in total. The maximum Gasteiger partial charge on any atom is 0.404 e. The van der Waals surface area contributed by atoms with Crippen LogP contribution in [-0.2, 0) is 0 Å². The lowest BCUT2D eigenvalue weighted by molar-refractivity contribution is 0.141. The van der Waals surface area contributed by atoms with Crippen molar-refractivity contribution in [3.8, 4) is 0 Å². The molecule has 0 spiro atoms. The Hall–Kier alpha value is -0.800. The summed E-state index contributed by atoms with van der Waals surface area (Å²) in [6.45, 7) is 4.13. The average Bonchev–Trinajstić information content (AvgIpc) is 1.60. The van der Waals surface area contributed by atoms with Crippen LogP contribution in [0.1, 0.15) is 20.8 Å². The fraction of sp³-hybridized carbons (Fsp3) is 0.833. The van der Waals surface area contributed by atoms with Crippen LogP contribution in [0.3, 0.4) is 0 Å². The number of carbonyl (C=O) groups is 1. The number of hydrogen-bond acceptors (Lipinski definition) is 1. The molecule has 0 rings (SSSR count). The van der Waals surface area contributed by atoms with E-state index in [9.17, 15) is 9.18 Å². The molecule has 0 aromatic heterocycles. The van der Waals surface area contributed by atoms with E-state index in [2.05, 4.69) is 0 Å². The van der Waals surface area contributed by atoms with Crippen LogP contribution in [0.5, 0.6) is 0 Å². The second kappa shape index (κ2) is 2.86. The highest BCUT2D eigenvalue weighted by molar-refractivity contribution is 5.64. The Kier molecular flexibility index (Phi) is 2.63. The quantitative estimate of drug-likeness (QED) is 0.623. The van der Waals surface area contributed by atoms with E-state index in [0.717, 1.165) is 0 Å². The van der Waals surface area contributed by atoms with Gasteiger partial charge in [0.15, 0.2) is 0 Å². The highest BCUT2D eigenvalue weighted by Gasteiger charge is 2.25. The Labute approximate surface area is 59.2 Å². The van der Waals surface area contributed by atoms with E-state index >= 15 is 0 Å². The molecule has 0 unspecified atom stereocenters. The Bertz CT molecular complexity index is 130. The van der Waals surface area contributed by atoms with E-state index in [1.54, 1.807) is 0 Å². The van der Waals surface area contributed by atoms with E-state index in [-0.39, 0.29) is 0 Å². The first-order chi connectivity index (χ1) is 4.34. The number of hydrogen-bond donors (Lipinski definition) is 2. The van der Waals surface area contributed by atoms with E-state index in [1.807, 2.05) is 5.32 Å². The summed E-state index contributed by atoms with van der Waals surface area (Å²) in [5.41, 5.74) is -1.50. The zero-order valence-electron chi connectivity index (χ0n) is 6.31. The summed E-state index contributed by atoms with van der Waals surface area (Å²) in [7, 11) is 0. The maximum absolute atomic E-state index is 12.8. The zero-order chi connectivity index (χ0) is 8.36. The molecule has 1 amide bonds. The van der Waals surface area contributed by atoms with Gasteiger partial charge in [0.25, 0.3) is 0 Å². The van der Waals surface area contributed by atoms with Crippen molar-refractivity contribution in [2.75, 3.05) is 0 Å².